The first-order valence-corrected chi connectivity index (χ1v) is 9.96. The number of azide groups is 2. The molecule has 2 aromatic carbocycles. The third-order valence-corrected chi connectivity index (χ3v) is 5.34. The molecule has 0 aliphatic rings. The van der Waals surface area contributed by atoms with E-state index in [1.807, 2.05) is 0 Å². The smallest absolute Gasteiger partial charge is 0.282 e. The average Bonchev–Trinajstić information content (AvgIpc) is 2.60. The van der Waals surface area contributed by atoms with Crippen molar-refractivity contribution in [3.05, 3.63) is 80.5 Å². The van der Waals surface area contributed by atoms with Crippen LogP contribution >= 0.6 is 0 Å². The van der Waals surface area contributed by atoms with Crippen molar-refractivity contribution in [1.29, 1.82) is 0 Å². The highest BCUT2D eigenvalue weighted by Gasteiger charge is 2.30. The molecule has 0 saturated heterocycles. The summed E-state index contributed by atoms with van der Waals surface area (Å²) >= 11 is 0. The van der Waals surface area contributed by atoms with Gasteiger partial charge in [-0.25, -0.2) is 0 Å². The standard InChI is InChI=1S/C14H10N6O6S2/c15-19-17-11-5-1-9(2-6-11)13(27(21,22)23)14(28(24,25)26)10-3-7-12(8-4-10)18-20-16/h1-8H,(H,21,22,23)(H,24,25,26). The summed E-state index contributed by atoms with van der Waals surface area (Å²) in [6, 6.07) is 9.11. The summed E-state index contributed by atoms with van der Waals surface area (Å²) in [5, 5.41) is 6.59. The van der Waals surface area contributed by atoms with Crippen molar-refractivity contribution in [3.63, 3.8) is 0 Å². The van der Waals surface area contributed by atoms with Gasteiger partial charge in [-0.15, -0.1) is 0 Å². The molecule has 0 aliphatic carbocycles. The fourth-order valence-corrected chi connectivity index (χ4v) is 4.46. The van der Waals surface area contributed by atoms with Crippen molar-refractivity contribution >= 4 is 41.4 Å². The summed E-state index contributed by atoms with van der Waals surface area (Å²) in [5.41, 5.74) is 16.4. The fourth-order valence-electron chi connectivity index (χ4n) is 2.26. The maximum absolute atomic E-state index is 11.9. The highest BCUT2D eigenvalue weighted by atomic mass is 32.2. The highest BCUT2D eigenvalue weighted by Crippen LogP contribution is 2.35. The summed E-state index contributed by atoms with van der Waals surface area (Å²) in [5.74, 6) is 0. The van der Waals surface area contributed by atoms with Crippen molar-refractivity contribution in [1.82, 2.24) is 0 Å². The van der Waals surface area contributed by atoms with Gasteiger partial charge in [0.05, 0.1) is 0 Å². The van der Waals surface area contributed by atoms with Crippen LogP contribution in [0.2, 0.25) is 0 Å². The number of rotatable bonds is 6. The minimum absolute atomic E-state index is 0.105. The molecule has 0 heterocycles. The molecule has 144 valence electrons. The van der Waals surface area contributed by atoms with Crippen LogP contribution in [0.25, 0.3) is 30.7 Å². The van der Waals surface area contributed by atoms with E-state index in [1.54, 1.807) is 0 Å². The molecule has 0 amide bonds. The van der Waals surface area contributed by atoms with Crippen molar-refractivity contribution in [3.8, 4) is 0 Å². The van der Waals surface area contributed by atoms with E-state index in [1.165, 1.54) is 24.3 Å². The van der Waals surface area contributed by atoms with Gasteiger partial charge in [0.1, 0.15) is 9.81 Å². The molecule has 12 nitrogen and oxygen atoms in total. The average molecular weight is 422 g/mol. The van der Waals surface area contributed by atoms with Crippen molar-refractivity contribution in [2.45, 2.75) is 0 Å². The van der Waals surface area contributed by atoms with E-state index in [4.69, 9.17) is 11.1 Å². The van der Waals surface area contributed by atoms with Crippen LogP contribution in [0, 0.1) is 0 Å². The Morgan fingerprint density at radius 1 is 0.679 bits per heavy atom. The largest absolute Gasteiger partial charge is 0.296 e. The van der Waals surface area contributed by atoms with Gasteiger partial charge in [0.2, 0.25) is 0 Å². The van der Waals surface area contributed by atoms with E-state index < -0.39 is 30.0 Å². The van der Waals surface area contributed by atoms with Crippen molar-refractivity contribution in [2.75, 3.05) is 0 Å². The Labute approximate surface area is 158 Å². The van der Waals surface area contributed by atoms with Crippen molar-refractivity contribution < 1.29 is 25.9 Å². The quantitative estimate of drug-likeness (QED) is 0.229. The molecular weight excluding hydrogens is 412 g/mol. The first-order valence-electron chi connectivity index (χ1n) is 7.08. The molecule has 28 heavy (non-hydrogen) atoms. The molecular formula is C14H10N6O6S2. The predicted molar refractivity (Wildman–Crippen MR) is 100 cm³/mol. The monoisotopic (exact) mass is 422 g/mol. The Balaban J connectivity index is 2.87. The van der Waals surface area contributed by atoms with E-state index in [0.29, 0.717) is 0 Å². The van der Waals surface area contributed by atoms with E-state index in [0.717, 1.165) is 24.3 Å². The zero-order valence-electron chi connectivity index (χ0n) is 13.6. The predicted octanol–water partition coefficient (Wildman–Crippen LogP) is 4.17. The Hall–Kier alpha value is -3.38. The van der Waals surface area contributed by atoms with Gasteiger partial charge in [-0.05, 0) is 22.2 Å². The number of hydrogen-bond acceptors (Lipinski definition) is 6. The molecule has 0 saturated carbocycles. The van der Waals surface area contributed by atoms with Crippen LogP contribution in [-0.2, 0) is 20.2 Å². The summed E-state index contributed by atoms with van der Waals surface area (Å²) in [6.45, 7) is 0. The molecule has 0 spiro atoms. The van der Waals surface area contributed by atoms with E-state index >= 15 is 0 Å². The molecule has 0 aliphatic heterocycles. The molecule has 0 fully saturated rings. The third-order valence-electron chi connectivity index (χ3n) is 3.30. The summed E-state index contributed by atoms with van der Waals surface area (Å²) in [4.78, 5) is 2.93. The van der Waals surface area contributed by atoms with E-state index in [9.17, 15) is 25.9 Å². The first-order chi connectivity index (χ1) is 13.1. The van der Waals surface area contributed by atoms with Crippen LogP contribution in [-0.4, -0.2) is 25.9 Å². The van der Waals surface area contributed by atoms with Gasteiger partial charge in [0.15, 0.2) is 0 Å². The number of hydrogen-bond donors (Lipinski definition) is 2. The lowest BCUT2D eigenvalue weighted by molar-refractivity contribution is 0.491. The van der Waals surface area contributed by atoms with E-state index in [-0.39, 0.29) is 22.5 Å². The van der Waals surface area contributed by atoms with Crippen LogP contribution in [0.3, 0.4) is 0 Å². The van der Waals surface area contributed by atoms with Crippen LogP contribution in [0.1, 0.15) is 11.1 Å². The van der Waals surface area contributed by atoms with Gasteiger partial charge in [-0.3, -0.25) is 9.11 Å². The van der Waals surface area contributed by atoms with Crippen LogP contribution in [0.4, 0.5) is 11.4 Å². The second-order valence-corrected chi connectivity index (χ2v) is 7.80. The second-order valence-electron chi connectivity index (χ2n) is 5.08. The zero-order valence-corrected chi connectivity index (χ0v) is 15.3. The molecule has 2 N–H and O–H groups in total. The first kappa shape index (κ1) is 20.9. The van der Waals surface area contributed by atoms with Gasteiger partial charge in [-0.1, -0.05) is 58.8 Å². The normalized spacial score (nSPS) is 12.4. The molecule has 0 atom stereocenters. The Morgan fingerprint density at radius 2 is 0.964 bits per heavy atom. The fraction of sp³-hybridized carbons (Fsp3) is 0. The van der Waals surface area contributed by atoms with Gasteiger partial charge >= 0.3 is 0 Å². The molecule has 14 heteroatoms. The Kier molecular flexibility index (Phi) is 6.06. The highest BCUT2D eigenvalue weighted by molar-refractivity contribution is 8.01. The topological polar surface area (TPSA) is 206 Å². The maximum Gasteiger partial charge on any atom is 0.296 e. The second kappa shape index (κ2) is 8.10. The molecule has 0 unspecified atom stereocenters. The Morgan fingerprint density at radius 3 is 1.18 bits per heavy atom. The summed E-state index contributed by atoms with van der Waals surface area (Å²) < 4.78 is 67.0. The van der Waals surface area contributed by atoms with Crippen LogP contribution in [0.15, 0.2) is 58.8 Å². The number of benzene rings is 2. The maximum atomic E-state index is 11.9. The molecule has 2 rings (SSSR count). The molecule has 2 aromatic rings. The zero-order chi connectivity index (χ0) is 20.9. The lowest BCUT2D eigenvalue weighted by Gasteiger charge is -2.12. The minimum atomic E-state index is -5.14. The minimum Gasteiger partial charge on any atom is -0.282 e. The van der Waals surface area contributed by atoms with Gasteiger partial charge < -0.3 is 0 Å². The van der Waals surface area contributed by atoms with Crippen LogP contribution in [0.5, 0.6) is 0 Å². The lowest BCUT2D eigenvalue weighted by atomic mass is 10.1. The number of nitrogens with zero attached hydrogens (tertiary/aromatic N) is 6. The third kappa shape index (κ3) is 4.86. The van der Waals surface area contributed by atoms with Gasteiger partial charge in [0.25, 0.3) is 20.2 Å². The molecule has 0 radical (unpaired) electrons. The lowest BCUT2D eigenvalue weighted by Crippen LogP contribution is -2.11. The summed E-state index contributed by atoms with van der Waals surface area (Å²) in [7, 11) is -10.3. The Bertz CT molecular complexity index is 1140. The SMILES string of the molecule is [N-]=[N+]=Nc1ccc(C(=C(c2ccc(N=[N+]=[N-])cc2)S(=O)(=O)O)S(=O)(=O)O)cc1. The molecule has 0 aromatic heterocycles. The van der Waals surface area contributed by atoms with E-state index in [2.05, 4.69) is 20.1 Å². The van der Waals surface area contributed by atoms with Gasteiger partial charge in [0, 0.05) is 21.2 Å². The molecule has 0 bridgehead atoms. The van der Waals surface area contributed by atoms with Crippen LogP contribution < -0.4 is 0 Å². The van der Waals surface area contributed by atoms with Gasteiger partial charge in [-0.2, -0.15) is 16.8 Å². The van der Waals surface area contributed by atoms with Crippen molar-refractivity contribution in [2.24, 2.45) is 10.2 Å². The summed E-state index contributed by atoms with van der Waals surface area (Å²) in [6.07, 6.45) is 0.